The zero-order valence-corrected chi connectivity index (χ0v) is 16.5. The summed E-state index contributed by atoms with van der Waals surface area (Å²) in [5.74, 6) is 1.21. The van der Waals surface area contributed by atoms with Crippen LogP contribution in [0.1, 0.15) is 13.8 Å². The molecule has 0 amide bonds. The highest BCUT2D eigenvalue weighted by molar-refractivity contribution is 9.22. The Balaban J connectivity index is 0. The third kappa shape index (κ3) is 7.55. The second-order valence-electron chi connectivity index (χ2n) is 3.62. The largest absolute Gasteiger partial charge is 1.00 e. The SMILES string of the molecule is CC[N+](C)(CC)CCSP(=S)(SC)SC.[Br-]. The van der Waals surface area contributed by atoms with Crippen LogP contribution in [0.25, 0.3) is 0 Å². The van der Waals surface area contributed by atoms with E-state index in [2.05, 4.69) is 33.4 Å². The third-order valence-corrected chi connectivity index (χ3v) is 19.5. The third-order valence-electron chi connectivity index (χ3n) is 2.85. The molecule has 0 aliphatic rings. The van der Waals surface area contributed by atoms with Gasteiger partial charge in [-0.2, -0.15) is 0 Å². The van der Waals surface area contributed by atoms with Crippen molar-refractivity contribution in [3.63, 3.8) is 0 Å². The van der Waals surface area contributed by atoms with E-state index >= 15 is 0 Å². The zero-order valence-electron chi connectivity index (χ0n) is 10.7. The van der Waals surface area contributed by atoms with Crippen LogP contribution in [0.4, 0.5) is 0 Å². The van der Waals surface area contributed by atoms with Gasteiger partial charge in [0.25, 0.3) is 0 Å². The van der Waals surface area contributed by atoms with E-state index in [0.717, 1.165) is 0 Å². The quantitative estimate of drug-likeness (QED) is 0.455. The standard InChI is InChI=1S/C9H23NPS4.BrH/c1-6-10(3,7-2)8-9-15-11(12,13-4)14-5;/h6-9H2,1-5H3;1H/q+1;/p-1. The van der Waals surface area contributed by atoms with Gasteiger partial charge in [-0.15, -0.1) is 22.8 Å². The molecule has 100 valence electrons. The summed E-state index contributed by atoms with van der Waals surface area (Å²) in [5, 5.41) is 0. The monoisotopic (exact) mass is 383 g/mol. The summed E-state index contributed by atoms with van der Waals surface area (Å²) < 4.78 is -0.0431. The maximum atomic E-state index is 5.66. The minimum absolute atomic E-state index is 0. The predicted molar refractivity (Wildman–Crippen MR) is 85.9 cm³/mol. The van der Waals surface area contributed by atoms with Crippen molar-refractivity contribution < 1.29 is 21.5 Å². The van der Waals surface area contributed by atoms with Crippen LogP contribution in [-0.2, 0) is 11.8 Å². The molecular formula is C9H23BrNPS4. The van der Waals surface area contributed by atoms with E-state index in [1.165, 1.54) is 29.9 Å². The zero-order chi connectivity index (χ0) is 11.9. The van der Waals surface area contributed by atoms with Crippen molar-refractivity contribution in [1.82, 2.24) is 0 Å². The number of hydrogen-bond acceptors (Lipinski definition) is 4. The minimum Gasteiger partial charge on any atom is -1.00 e. The molecule has 0 aliphatic heterocycles. The van der Waals surface area contributed by atoms with Gasteiger partial charge < -0.3 is 21.5 Å². The first-order chi connectivity index (χ1) is 6.95. The maximum Gasteiger partial charge on any atom is 0.109 e. The molecule has 0 saturated carbocycles. The normalized spacial score (nSPS) is 12.3. The lowest BCUT2D eigenvalue weighted by Gasteiger charge is -2.32. The van der Waals surface area contributed by atoms with Crippen molar-refractivity contribution >= 4 is 49.6 Å². The second-order valence-corrected chi connectivity index (χ2v) is 19.6. The lowest BCUT2D eigenvalue weighted by atomic mass is 10.4. The maximum absolute atomic E-state index is 5.66. The average molecular weight is 384 g/mol. The highest BCUT2D eigenvalue weighted by Crippen LogP contribution is 2.76. The molecule has 0 unspecified atom stereocenters. The molecule has 0 aliphatic carbocycles. The summed E-state index contributed by atoms with van der Waals surface area (Å²) in [7, 11) is 2.34. The van der Waals surface area contributed by atoms with E-state index in [4.69, 9.17) is 11.8 Å². The number of quaternary nitrogens is 1. The fraction of sp³-hybridized carbons (Fsp3) is 1.00. The molecule has 1 nitrogen and oxygen atoms in total. The van der Waals surface area contributed by atoms with Crippen LogP contribution < -0.4 is 17.0 Å². The Hall–Kier alpha value is 2.14. The molecule has 16 heavy (non-hydrogen) atoms. The van der Waals surface area contributed by atoms with Gasteiger partial charge in [-0.3, -0.25) is 0 Å². The molecule has 0 N–H and O–H groups in total. The van der Waals surface area contributed by atoms with Crippen LogP contribution in [0.2, 0.25) is 0 Å². The van der Waals surface area contributed by atoms with Crippen LogP contribution in [0, 0.1) is 0 Å². The van der Waals surface area contributed by atoms with Crippen molar-refractivity contribution in [1.29, 1.82) is 0 Å². The van der Waals surface area contributed by atoms with Crippen molar-refractivity contribution in [2.24, 2.45) is 0 Å². The molecule has 7 heteroatoms. The van der Waals surface area contributed by atoms with Gasteiger partial charge in [-0.25, -0.2) is 0 Å². The summed E-state index contributed by atoms with van der Waals surface area (Å²) in [4.78, 5) is 0. The molecule has 0 saturated heterocycles. The van der Waals surface area contributed by atoms with Crippen molar-refractivity contribution in [3.8, 4) is 0 Å². The predicted octanol–water partition coefficient (Wildman–Crippen LogP) is 1.16. The minimum atomic E-state index is -1.21. The first kappa shape index (κ1) is 20.5. The molecule has 0 atom stereocenters. The molecule has 0 bridgehead atoms. The molecular weight excluding hydrogens is 361 g/mol. The highest BCUT2D eigenvalue weighted by atomic mass is 79.9. The Bertz CT molecular complexity index is 216. The molecule has 0 aromatic heterocycles. The Morgan fingerprint density at radius 3 is 1.88 bits per heavy atom. The Kier molecular flexibility index (Phi) is 12.8. The fourth-order valence-corrected chi connectivity index (χ4v) is 9.45. The molecule has 0 fully saturated rings. The Morgan fingerprint density at radius 1 is 1.12 bits per heavy atom. The highest BCUT2D eigenvalue weighted by Gasteiger charge is 2.20. The van der Waals surface area contributed by atoms with E-state index < -0.39 is 3.64 Å². The van der Waals surface area contributed by atoms with Gasteiger partial charge in [-0.1, -0.05) is 23.2 Å². The van der Waals surface area contributed by atoms with Gasteiger partial charge in [0.05, 0.1) is 26.7 Å². The van der Waals surface area contributed by atoms with Gasteiger partial charge in [0.1, 0.15) is 3.64 Å². The average Bonchev–Trinajstić information content (AvgIpc) is 2.28. The van der Waals surface area contributed by atoms with Crippen molar-refractivity contribution in [2.75, 3.05) is 44.9 Å². The van der Waals surface area contributed by atoms with Gasteiger partial charge in [0, 0.05) is 5.75 Å². The van der Waals surface area contributed by atoms with Crippen LogP contribution in [0.5, 0.6) is 0 Å². The van der Waals surface area contributed by atoms with Gasteiger partial charge >= 0.3 is 0 Å². The molecule has 0 spiro atoms. The van der Waals surface area contributed by atoms with E-state index in [9.17, 15) is 0 Å². The van der Waals surface area contributed by atoms with Crippen molar-refractivity contribution in [3.05, 3.63) is 0 Å². The summed E-state index contributed by atoms with van der Waals surface area (Å²) in [6.45, 7) is 8.23. The number of nitrogens with zero attached hydrogens (tertiary/aromatic N) is 1. The number of rotatable bonds is 8. The molecule has 0 rings (SSSR count). The summed E-state index contributed by atoms with van der Waals surface area (Å²) in [6.07, 6.45) is 4.30. The first-order valence-electron chi connectivity index (χ1n) is 5.15. The van der Waals surface area contributed by atoms with Gasteiger partial charge in [0.2, 0.25) is 0 Å². The van der Waals surface area contributed by atoms with Gasteiger partial charge in [-0.05, 0) is 26.4 Å². The van der Waals surface area contributed by atoms with Crippen molar-refractivity contribution in [2.45, 2.75) is 13.8 Å². The number of hydrogen-bond donors (Lipinski definition) is 0. The van der Waals surface area contributed by atoms with Crippen LogP contribution in [0.15, 0.2) is 0 Å². The lowest BCUT2D eigenvalue weighted by molar-refractivity contribution is -0.903. The fourth-order valence-electron chi connectivity index (χ4n) is 1.09. The molecule has 0 radical (unpaired) electrons. The summed E-state index contributed by atoms with van der Waals surface area (Å²) in [5.41, 5.74) is 0. The molecule has 0 heterocycles. The smallest absolute Gasteiger partial charge is 0.109 e. The Labute approximate surface area is 129 Å². The van der Waals surface area contributed by atoms with E-state index in [1.54, 1.807) is 0 Å². The van der Waals surface area contributed by atoms with Crippen LogP contribution in [0.3, 0.4) is 0 Å². The van der Waals surface area contributed by atoms with E-state index in [0.29, 0.717) is 0 Å². The molecule has 0 aromatic carbocycles. The summed E-state index contributed by atoms with van der Waals surface area (Å²) in [6, 6.07) is 0. The lowest BCUT2D eigenvalue weighted by Crippen LogP contribution is -3.00. The Morgan fingerprint density at radius 2 is 1.56 bits per heavy atom. The molecule has 0 aromatic rings. The summed E-state index contributed by atoms with van der Waals surface area (Å²) >= 11 is 11.4. The van der Waals surface area contributed by atoms with Gasteiger partial charge in [0.15, 0.2) is 0 Å². The van der Waals surface area contributed by atoms with Crippen LogP contribution >= 0.6 is 37.8 Å². The second kappa shape index (κ2) is 9.99. The van der Waals surface area contributed by atoms with E-state index in [1.807, 2.05) is 34.1 Å². The first-order valence-corrected chi connectivity index (χ1v) is 13.2. The topological polar surface area (TPSA) is 0 Å². The number of halogens is 1. The van der Waals surface area contributed by atoms with Crippen LogP contribution in [-0.4, -0.2) is 49.4 Å². The van der Waals surface area contributed by atoms with E-state index in [-0.39, 0.29) is 17.0 Å².